The van der Waals surface area contributed by atoms with Gasteiger partial charge in [0.15, 0.2) is 0 Å². The number of aromatic nitrogens is 1. The van der Waals surface area contributed by atoms with Gasteiger partial charge in [0.1, 0.15) is 6.10 Å². The predicted octanol–water partition coefficient (Wildman–Crippen LogP) is 3.61. The fraction of sp³-hybridized carbons (Fsp3) is 0.750. The van der Waals surface area contributed by atoms with Crippen molar-refractivity contribution in [3.63, 3.8) is 0 Å². The number of ether oxygens (including phenoxy) is 1. The number of carbonyl (C=O) groups excluding carboxylic acids is 1. The normalized spacial score (nSPS) is 34.4. The molecule has 0 amide bonds. The van der Waals surface area contributed by atoms with Crippen molar-refractivity contribution in [1.29, 1.82) is 0 Å². The molecule has 20 heavy (non-hydrogen) atoms. The zero-order valence-electron chi connectivity index (χ0n) is 12.7. The summed E-state index contributed by atoms with van der Waals surface area (Å²) in [4.78, 5) is 16.4. The maximum atomic E-state index is 12.1. The highest BCUT2D eigenvalue weighted by Gasteiger charge is 2.57. The molecule has 1 aromatic heterocycles. The van der Waals surface area contributed by atoms with E-state index in [4.69, 9.17) is 4.74 Å². The minimum Gasteiger partial charge on any atom is -0.462 e. The minimum atomic E-state index is -0.119. The molecular weight excluding hydrogens is 270 g/mol. The zero-order valence-corrected chi connectivity index (χ0v) is 13.5. The summed E-state index contributed by atoms with van der Waals surface area (Å²) in [6.07, 6.45) is 2.77. The van der Waals surface area contributed by atoms with Crippen LogP contribution in [0.3, 0.4) is 0 Å². The average Bonchev–Trinajstić information content (AvgIpc) is 2.76. The van der Waals surface area contributed by atoms with Gasteiger partial charge in [0.25, 0.3) is 0 Å². The summed E-state index contributed by atoms with van der Waals surface area (Å²) in [5, 5.41) is 2.95. The number of nitrogens with zero attached hydrogens (tertiary/aromatic N) is 1. The molecule has 0 radical (unpaired) electrons. The van der Waals surface area contributed by atoms with Crippen molar-refractivity contribution in [2.24, 2.45) is 23.2 Å². The van der Waals surface area contributed by atoms with Crippen LogP contribution in [0.5, 0.6) is 0 Å². The van der Waals surface area contributed by atoms with E-state index in [9.17, 15) is 4.79 Å². The minimum absolute atomic E-state index is 0.110. The van der Waals surface area contributed by atoms with Gasteiger partial charge in [-0.1, -0.05) is 20.8 Å². The monoisotopic (exact) mass is 293 g/mol. The van der Waals surface area contributed by atoms with Crippen LogP contribution >= 0.6 is 11.3 Å². The van der Waals surface area contributed by atoms with Gasteiger partial charge >= 0.3 is 5.97 Å². The first kappa shape index (κ1) is 14.1. The average molecular weight is 293 g/mol. The third-order valence-corrected chi connectivity index (χ3v) is 6.38. The molecule has 3 nitrogen and oxygen atoms in total. The van der Waals surface area contributed by atoms with Gasteiger partial charge in [-0.2, -0.15) is 0 Å². The molecule has 0 aliphatic heterocycles. The summed E-state index contributed by atoms with van der Waals surface area (Å²) in [7, 11) is 0. The Hall–Kier alpha value is -0.900. The van der Waals surface area contributed by atoms with Crippen LogP contribution in [-0.2, 0) is 16.0 Å². The molecule has 3 aliphatic rings. The SMILES string of the molecule is Cc1nc(CC(=O)OC2CC3CC(C2C)C3(C)C)cs1. The number of hydrogen-bond donors (Lipinski definition) is 0. The Labute approximate surface area is 124 Å². The van der Waals surface area contributed by atoms with Gasteiger partial charge in [0, 0.05) is 5.38 Å². The van der Waals surface area contributed by atoms with Crippen molar-refractivity contribution >= 4 is 17.3 Å². The smallest absolute Gasteiger partial charge is 0.312 e. The summed E-state index contributed by atoms with van der Waals surface area (Å²) in [5.74, 6) is 1.80. The van der Waals surface area contributed by atoms with Gasteiger partial charge in [-0.3, -0.25) is 4.79 Å². The zero-order chi connectivity index (χ0) is 14.5. The molecule has 0 aromatic carbocycles. The third kappa shape index (κ3) is 2.28. The van der Waals surface area contributed by atoms with Crippen molar-refractivity contribution in [3.05, 3.63) is 16.1 Å². The molecule has 4 rings (SSSR count). The number of carbonyl (C=O) groups is 1. The van der Waals surface area contributed by atoms with Gasteiger partial charge in [-0.15, -0.1) is 11.3 Å². The summed E-state index contributed by atoms with van der Waals surface area (Å²) >= 11 is 1.58. The molecule has 4 heteroatoms. The molecule has 1 aromatic rings. The number of esters is 1. The molecule has 1 heterocycles. The maximum absolute atomic E-state index is 12.1. The van der Waals surface area contributed by atoms with Crippen LogP contribution in [0.1, 0.15) is 44.3 Å². The predicted molar refractivity (Wildman–Crippen MR) is 79.6 cm³/mol. The molecule has 0 N–H and O–H groups in total. The van der Waals surface area contributed by atoms with E-state index in [1.165, 1.54) is 6.42 Å². The van der Waals surface area contributed by atoms with Crippen LogP contribution < -0.4 is 0 Å². The van der Waals surface area contributed by atoms with Gasteiger partial charge in [-0.05, 0) is 42.9 Å². The summed E-state index contributed by atoms with van der Waals surface area (Å²) in [6.45, 7) is 8.92. The topological polar surface area (TPSA) is 39.2 Å². The molecule has 2 bridgehead atoms. The molecule has 110 valence electrons. The van der Waals surface area contributed by atoms with Gasteiger partial charge in [0.2, 0.25) is 0 Å². The number of hydrogen-bond acceptors (Lipinski definition) is 4. The lowest BCUT2D eigenvalue weighted by atomic mass is 9.45. The number of fused-ring (bicyclic) bond motifs is 2. The molecule has 4 unspecified atom stereocenters. The van der Waals surface area contributed by atoms with E-state index < -0.39 is 0 Å². The van der Waals surface area contributed by atoms with Gasteiger partial charge in [-0.25, -0.2) is 4.98 Å². The van der Waals surface area contributed by atoms with Gasteiger partial charge in [0.05, 0.1) is 17.1 Å². The van der Waals surface area contributed by atoms with Crippen LogP contribution in [0, 0.1) is 30.1 Å². The third-order valence-electron chi connectivity index (χ3n) is 5.56. The number of aryl methyl sites for hydroxylation is 1. The number of thiazole rings is 1. The van der Waals surface area contributed by atoms with E-state index in [1.807, 2.05) is 12.3 Å². The Bertz CT molecular complexity index is 522. The summed E-state index contributed by atoms with van der Waals surface area (Å²) < 4.78 is 5.74. The van der Waals surface area contributed by atoms with Crippen molar-refractivity contribution < 1.29 is 9.53 Å². The highest BCUT2D eigenvalue weighted by atomic mass is 32.1. The van der Waals surface area contributed by atoms with Crippen molar-refractivity contribution in [3.8, 4) is 0 Å². The second-order valence-corrected chi connectivity index (χ2v) is 8.08. The first-order valence-electron chi connectivity index (χ1n) is 7.48. The second kappa shape index (κ2) is 4.83. The Morgan fingerprint density at radius 1 is 1.50 bits per heavy atom. The van der Waals surface area contributed by atoms with Crippen LogP contribution in [0.15, 0.2) is 5.38 Å². The van der Waals surface area contributed by atoms with E-state index in [-0.39, 0.29) is 12.1 Å². The van der Waals surface area contributed by atoms with E-state index in [1.54, 1.807) is 11.3 Å². The van der Waals surface area contributed by atoms with Crippen molar-refractivity contribution in [2.75, 3.05) is 0 Å². The molecule has 0 saturated heterocycles. The first-order chi connectivity index (χ1) is 9.38. The van der Waals surface area contributed by atoms with E-state index in [0.29, 0.717) is 23.7 Å². The quantitative estimate of drug-likeness (QED) is 0.799. The van der Waals surface area contributed by atoms with Crippen LogP contribution in [0.2, 0.25) is 0 Å². The van der Waals surface area contributed by atoms with Crippen LogP contribution in [0.25, 0.3) is 0 Å². The first-order valence-corrected chi connectivity index (χ1v) is 8.36. The van der Waals surface area contributed by atoms with Crippen LogP contribution in [0.4, 0.5) is 0 Å². The van der Waals surface area contributed by atoms with Gasteiger partial charge < -0.3 is 4.74 Å². The van der Waals surface area contributed by atoms with E-state index >= 15 is 0 Å². The molecule has 3 saturated carbocycles. The maximum Gasteiger partial charge on any atom is 0.312 e. The summed E-state index contributed by atoms with van der Waals surface area (Å²) in [5.41, 5.74) is 1.28. The lowest BCUT2D eigenvalue weighted by Gasteiger charge is -2.61. The van der Waals surface area contributed by atoms with Crippen molar-refractivity contribution in [2.45, 2.75) is 53.1 Å². The highest BCUT2D eigenvalue weighted by Crippen LogP contribution is 2.61. The molecule has 0 spiro atoms. The fourth-order valence-corrected chi connectivity index (χ4v) is 4.72. The largest absolute Gasteiger partial charge is 0.462 e. The molecular formula is C16H23NO2S. The molecule has 4 atom stereocenters. The van der Waals surface area contributed by atoms with E-state index in [2.05, 4.69) is 25.8 Å². The Kier molecular flexibility index (Phi) is 3.39. The lowest BCUT2D eigenvalue weighted by molar-refractivity contribution is -0.185. The van der Waals surface area contributed by atoms with Crippen molar-refractivity contribution in [1.82, 2.24) is 4.98 Å². The Morgan fingerprint density at radius 3 is 2.80 bits per heavy atom. The summed E-state index contributed by atoms with van der Waals surface area (Å²) in [6, 6.07) is 0. The van der Waals surface area contributed by atoms with E-state index in [0.717, 1.165) is 23.0 Å². The fourth-order valence-electron chi connectivity index (χ4n) is 4.11. The molecule has 3 aliphatic carbocycles. The Morgan fingerprint density at radius 2 is 2.25 bits per heavy atom. The molecule has 3 fully saturated rings. The van der Waals surface area contributed by atoms with Crippen LogP contribution in [-0.4, -0.2) is 17.1 Å². The Balaban J connectivity index is 1.58. The second-order valence-electron chi connectivity index (χ2n) is 7.02. The number of rotatable bonds is 3. The highest BCUT2D eigenvalue weighted by molar-refractivity contribution is 7.09. The standard InChI is InChI=1S/C16H23NO2S/c1-9-13-5-11(16(13,3)4)6-14(9)19-15(18)7-12-8-20-10(2)17-12/h8-9,11,13-14H,5-7H2,1-4H3. The lowest BCUT2D eigenvalue weighted by Crippen LogP contribution is -2.57.